The van der Waals surface area contributed by atoms with Gasteiger partial charge in [0, 0.05) is 24.3 Å². The number of benzene rings is 3. The van der Waals surface area contributed by atoms with E-state index in [1.807, 2.05) is 12.1 Å². The lowest BCUT2D eigenvalue weighted by molar-refractivity contribution is 0.581. The van der Waals surface area contributed by atoms with Crippen molar-refractivity contribution in [3.8, 4) is 0 Å². The fourth-order valence-electron chi connectivity index (χ4n) is 5.49. The Labute approximate surface area is 219 Å². The Hall–Kier alpha value is -3.77. The zero-order valence-corrected chi connectivity index (χ0v) is 21.8. The van der Waals surface area contributed by atoms with E-state index in [1.54, 1.807) is 16.7 Å². The number of hydrogen-bond acceptors (Lipinski definition) is 4. The number of rotatable bonds is 5. The van der Waals surface area contributed by atoms with Crippen molar-refractivity contribution >= 4 is 28.8 Å². The maximum Gasteiger partial charge on any atom is 0.271 e. The minimum atomic E-state index is -0.299. The number of fused-ring (bicyclic) bond motifs is 3. The second-order valence-electron chi connectivity index (χ2n) is 9.43. The van der Waals surface area contributed by atoms with E-state index in [9.17, 15) is 9.18 Å². The van der Waals surface area contributed by atoms with Gasteiger partial charge < -0.3 is 4.90 Å². The quantitative estimate of drug-likeness (QED) is 0.366. The van der Waals surface area contributed by atoms with Gasteiger partial charge in [0.15, 0.2) is 4.80 Å². The third-order valence-corrected chi connectivity index (χ3v) is 8.36. The minimum Gasteiger partial charge on any atom is -0.372 e. The van der Waals surface area contributed by atoms with Gasteiger partial charge in [0.1, 0.15) is 5.82 Å². The van der Waals surface area contributed by atoms with E-state index >= 15 is 0 Å². The number of thiazole rings is 1. The summed E-state index contributed by atoms with van der Waals surface area (Å²) in [6.07, 6.45) is 3.66. The highest BCUT2D eigenvalue weighted by Gasteiger charge is 2.32. The lowest BCUT2D eigenvalue weighted by atomic mass is 9.83. The van der Waals surface area contributed by atoms with Gasteiger partial charge in [-0.1, -0.05) is 59.9 Å². The van der Waals surface area contributed by atoms with Gasteiger partial charge in [-0.25, -0.2) is 9.38 Å². The predicted molar refractivity (Wildman–Crippen MR) is 149 cm³/mol. The number of aryl methyl sites for hydroxylation is 1. The number of halogens is 1. The van der Waals surface area contributed by atoms with E-state index in [4.69, 9.17) is 4.99 Å². The molecule has 0 spiro atoms. The van der Waals surface area contributed by atoms with Crippen LogP contribution in [0.4, 0.5) is 10.1 Å². The Kier molecular flexibility index (Phi) is 6.13. The van der Waals surface area contributed by atoms with Gasteiger partial charge in [0.05, 0.1) is 16.3 Å². The molecule has 1 atom stereocenters. The summed E-state index contributed by atoms with van der Waals surface area (Å²) < 4.78 is 16.3. The summed E-state index contributed by atoms with van der Waals surface area (Å²) in [4.78, 5) is 21.9. The molecule has 0 fully saturated rings. The van der Waals surface area contributed by atoms with Crippen molar-refractivity contribution in [2.45, 2.75) is 32.7 Å². The standard InChI is InChI=1S/C31H28FN3OS/c1-3-34(4-2)24-16-9-20(10-17-24)19-27-30(36)35-29(22-11-14-23(32)15-12-22)26-18-13-21-7-5-6-8-25(21)28(26)33-31(35)37-27/h5-12,14-17,19,29H,3-4,13,18H2,1-2H3/b27-19+/t29-/m1/s1. The monoisotopic (exact) mass is 509 g/mol. The van der Waals surface area contributed by atoms with E-state index in [0.29, 0.717) is 9.33 Å². The maximum atomic E-state index is 13.8. The Morgan fingerprint density at radius 2 is 1.73 bits per heavy atom. The van der Waals surface area contributed by atoms with Gasteiger partial charge in [-0.05, 0) is 79.3 Å². The molecule has 4 aromatic rings. The first-order valence-electron chi connectivity index (χ1n) is 12.8. The summed E-state index contributed by atoms with van der Waals surface area (Å²) >= 11 is 1.42. The lowest BCUT2D eigenvalue weighted by Crippen LogP contribution is -2.38. The van der Waals surface area contributed by atoms with Gasteiger partial charge in [-0.2, -0.15) is 0 Å². The van der Waals surface area contributed by atoms with Gasteiger partial charge in [-0.3, -0.25) is 9.36 Å². The first-order chi connectivity index (χ1) is 18.1. The van der Waals surface area contributed by atoms with Crippen LogP contribution in [0.3, 0.4) is 0 Å². The van der Waals surface area contributed by atoms with Crippen molar-refractivity contribution < 1.29 is 4.39 Å². The molecule has 0 unspecified atom stereocenters. The van der Waals surface area contributed by atoms with Crippen LogP contribution in [0.1, 0.15) is 48.6 Å². The molecular formula is C31H28FN3OS. The molecule has 0 N–H and O–H groups in total. The SMILES string of the molecule is CCN(CC)c1ccc(/C=c2/sc3n(c2=O)[C@H](c2ccc(F)cc2)C2=C(N=3)c3ccccc3CC2)cc1. The Morgan fingerprint density at radius 1 is 1.00 bits per heavy atom. The molecule has 6 rings (SSSR count). The van der Waals surface area contributed by atoms with E-state index in [2.05, 4.69) is 61.2 Å². The van der Waals surface area contributed by atoms with Crippen molar-refractivity contribution in [3.63, 3.8) is 0 Å². The molecule has 37 heavy (non-hydrogen) atoms. The number of aromatic nitrogens is 1. The molecule has 0 radical (unpaired) electrons. The van der Waals surface area contributed by atoms with Crippen LogP contribution in [0.15, 0.2) is 88.2 Å². The van der Waals surface area contributed by atoms with Crippen LogP contribution in [-0.4, -0.2) is 17.7 Å². The molecule has 3 aromatic carbocycles. The Balaban J connectivity index is 1.52. The zero-order chi connectivity index (χ0) is 25.5. The number of anilines is 1. The number of allylic oxidation sites excluding steroid dienone is 1. The fourth-order valence-corrected chi connectivity index (χ4v) is 6.49. The molecule has 2 aliphatic rings. The molecule has 2 heterocycles. The van der Waals surface area contributed by atoms with Crippen molar-refractivity contribution in [2.75, 3.05) is 18.0 Å². The van der Waals surface area contributed by atoms with E-state index in [-0.39, 0.29) is 17.4 Å². The summed E-state index contributed by atoms with van der Waals surface area (Å²) in [6.45, 7) is 6.19. The van der Waals surface area contributed by atoms with Crippen molar-refractivity contribution in [2.24, 2.45) is 4.99 Å². The summed E-state index contributed by atoms with van der Waals surface area (Å²) in [5.41, 5.74) is 7.46. The summed E-state index contributed by atoms with van der Waals surface area (Å²) in [7, 11) is 0. The highest BCUT2D eigenvalue weighted by molar-refractivity contribution is 7.07. The van der Waals surface area contributed by atoms with Crippen LogP contribution in [0, 0.1) is 5.82 Å². The summed E-state index contributed by atoms with van der Waals surface area (Å²) in [5, 5.41) is 0. The highest BCUT2D eigenvalue weighted by atomic mass is 32.1. The van der Waals surface area contributed by atoms with Crippen molar-refractivity contribution in [3.05, 3.63) is 126 Å². The molecule has 4 nitrogen and oxygen atoms in total. The van der Waals surface area contributed by atoms with Crippen LogP contribution in [0.5, 0.6) is 0 Å². The van der Waals surface area contributed by atoms with Crippen molar-refractivity contribution in [1.82, 2.24) is 4.57 Å². The van der Waals surface area contributed by atoms with E-state index in [1.165, 1.54) is 34.7 Å². The minimum absolute atomic E-state index is 0.0590. The number of nitrogens with zero attached hydrogens (tertiary/aromatic N) is 3. The third-order valence-electron chi connectivity index (χ3n) is 7.38. The molecule has 0 amide bonds. The van der Waals surface area contributed by atoms with Crippen molar-refractivity contribution in [1.29, 1.82) is 0 Å². The molecular weight excluding hydrogens is 481 g/mol. The fraction of sp³-hybridized carbons (Fsp3) is 0.226. The Morgan fingerprint density at radius 3 is 2.46 bits per heavy atom. The molecule has 0 saturated carbocycles. The molecule has 1 aliphatic heterocycles. The van der Waals surface area contributed by atoms with Gasteiger partial charge in [-0.15, -0.1) is 0 Å². The van der Waals surface area contributed by atoms with Gasteiger partial charge in [0.2, 0.25) is 0 Å². The normalized spacial score (nSPS) is 16.6. The van der Waals surface area contributed by atoms with Gasteiger partial charge >= 0.3 is 0 Å². The third kappa shape index (κ3) is 4.15. The largest absolute Gasteiger partial charge is 0.372 e. The maximum absolute atomic E-state index is 13.8. The van der Waals surface area contributed by atoms with E-state index < -0.39 is 0 Å². The van der Waals surface area contributed by atoms with Gasteiger partial charge in [0.25, 0.3) is 5.56 Å². The summed E-state index contributed by atoms with van der Waals surface area (Å²) in [6, 6.07) is 22.9. The number of hydrogen-bond donors (Lipinski definition) is 0. The molecule has 0 bridgehead atoms. The zero-order valence-electron chi connectivity index (χ0n) is 20.9. The Bertz CT molecular complexity index is 1680. The topological polar surface area (TPSA) is 37.6 Å². The van der Waals surface area contributed by atoms with Crippen LogP contribution >= 0.6 is 11.3 Å². The first kappa shape index (κ1) is 23.6. The molecule has 6 heteroatoms. The van der Waals surface area contributed by atoms with E-state index in [0.717, 1.165) is 53.9 Å². The average molecular weight is 510 g/mol. The highest BCUT2D eigenvalue weighted by Crippen LogP contribution is 2.41. The lowest BCUT2D eigenvalue weighted by Gasteiger charge is -2.30. The second kappa shape index (κ2) is 9.60. The predicted octanol–water partition coefficient (Wildman–Crippen LogP) is 5.30. The van der Waals surface area contributed by atoms with Crippen LogP contribution < -0.4 is 19.8 Å². The molecule has 1 aromatic heterocycles. The summed E-state index contributed by atoms with van der Waals surface area (Å²) in [5.74, 6) is -0.285. The average Bonchev–Trinajstić information content (AvgIpc) is 3.24. The molecule has 0 saturated heterocycles. The molecule has 186 valence electrons. The smallest absolute Gasteiger partial charge is 0.271 e. The van der Waals surface area contributed by atoms with Crippen LogP contribution in [-0.2, 0) is 6.42 Å². The van der Waals surface area contributed by atoms with Crippen LogP contribution in [0.2, 0.25) is 0 Å². The molecule has 1 aliphatic carbocycles. The van der Waals surface area contributed by atoms with Crippen LogP contribution in [0.25, 0.3) is 11.8 Å². The second-order valence-corrected chi connectivity index (χ2v) is 10.4. The first-order valence-corrected chi connectivity index (χ1v) is 13.6.